The molecule has 4 rings (SSSR count). The van der Waals surface area contributed by atoms with Gasteiger partial charge in [0.1, 0.15) is 5.82 Å². The number of hydrogen-bond donors (Lipinski definition) is 2. The first-order chi connectivity index (χ1) is 18.1. The fraction of sp³-hybridized carbons (Fsp3) is 0.462. The van der Waals surface area contributed by atoms with Crippen molar-refractivity contribution in [3.8, 4) is 0 Å². The topological polar surface area (TPSA) is 134 Å². The van der Waals surface area contributed by atoms with Crippen molar-refractivity contribution >= 4 is 50.2 Å². The Bertz CT molecular complexity index is 1410. The van der Waals surface area contributed by atoms with Crippen molar-refractivity contribution in [2.75, 3.05) is 26.8 Å². The number of aromatic nitrogens is 2. The maximum absolute atomic E-state index is 13.3. The summed E-state index contributed by atoms with van der Waals surface area (Å²) in [5.41, 5.74) is 8.56. The molecule has 1 aliphatic rings. The first-order valence-corrected chi connectivity index (χ1v) is 14.9. The van der Waals surface area contributed by atoms with Crippen LogP contribution in [0.15, 0.2) is 41.3 Å². The largest absolute Gasteiger partial charge is 0.385 e. The number of fused-ring (bicyclic) bond motifs is 1. The predicted molar refractivity (Wildman–Crippen MR) is 149 cm³/mol. The van der Waals surface area contributed by atoms with Crippen molar-refractivity contribution in [1.82, 2.24) is 14.5 Å². The number of aryl methyl sites for hydroxylation is 1. The molecule has 1 aromatic heterocycles. The Kier molecular flexibility index (Phi) is 9.33. The third kappa shape index (κ3) is 6.50. The van der Waals surface area contributed by atoms with Gasteiger partial charge in [0.15, 0.2) is 0 Å². The fourth-order valence-electron chi connectivity index (χ4n) is 5.14. The minimum atomic E-state index is -4.04. The summed E-state index contributed by atoms with van der Waals surface area (Å²) < 4.78 is 31.6. The molecule has 0 bridgehead atoms. The molecule has 1 fully saturated rings. The molecular formula is C26H33Cl2N5O4S. The monoisotopic (exact) mass is 581 g/mol. The van der Waals surface area contributed by atoms with Crippen LogP contribution in [0, 0.1) is 0 Å². The Morgan fingerprint density at radius 1 is 1.24 bits per heavy atom. The molecule has 4 N–H and O–H groups in total. The number of likely N-dealkylation sites (tertiary alicyclic amines) is 1. The van der Waals surface area contributed by atoms with Crippen LogP contribution in [0.5, 0.6) is 0 Å². The average molecular weight is 583 g/mol. The third-order valence-corrected chi connectivity index (χ3v) is 8.76. The molecule has 0 unspecified atom stereocenters. The van der Waals surface area contributed by atoms with Crippen molar-refractivity contribution in [1.29, 1.82) is 0 Å². The molecule has 1 amide bonds. The lowest BCUT2D eigenvalue weighted by atomic mass is 9.96. The van der Waals surface area contributed by atoms with Crippen molar-refractivity contribution in [2.24, 2.45) is 10.9 Å². The Labute approximate surface area is 233 Å². The third-order valence-electron chi connectivity index (χ3n) is 6.92. The lowest BCUT2D eigenvalue weighted by Gasteiger charge is -2.33. The molecular weight excluding hydrogens is 549 g/mol. The Hall–Kier alpha value is -2.21. The lowest BCUT2D eigenvalue weighted by molar-refractivity contribution is -0.132. The summed E-state index contributed by atoms with van der Waals surface area (Å²) in [5.74, 6) is 0.974. The van der Waals surface area contributed by atoms with E-state index in [9.17, 15) is 13.2 Å². The number of methoxy groups -OCH3 is 1. The van der Waals surface area contributed by atoms with Gasteiger partial charge in [-0.15, -0.1) is 0 Å². The highest BCUT2D eigenvalue weighted by atomic mass is 35.5. The smallest absolute Gasteiger partial charge is 0.238 e. The first kappa shape index (κ1) is 28.8. The number of hydrogen-bond acceptors (Lipinski definition) is 6. The van der Waals surface area contributed by atoms with Crippen LogP contribution >= 0.6 is 23.2 Å². The van der Waals surface area contributed by atoms with E-state index in [0.717, 1.165) is 42.7 Å². The summed E-state index contributed by atoms with van der Waals surface area (Å²) in [4.78, 5) is 19.9. The molecule has 206 valence electrons. The van der Waals surface area contributed by atoms with Crippen LogP contribution in [0.1, 0.15) is 43.0 Å². The van der Waals surface area contributed by atoms with E-state index in [-0.39, 0.29) is 45.2 Å². The number of nitrogens with two attached hydrogens (primary N) is 2. The van der Waals surface area contributed by atoms with E-state index in [1.165, 1.54) is 12.1 Å². The predicted octanol–water partition coefficient (Wildman–Crippen LogP) is 3.69. The van der Waals surface area contributed by atoms with Crippen LogP contribution in [0.25, 0.3) is 11.0 Å². The van der Waals surface area contributed by atoms with Crippen LogP contribution < -0.4 is 10.9 Å². The molecule has 2 heterocycles. The number of sulfonamides is 1. The summed E-state index contributed by atoms with van der Waals surface area (Å²) in [6.45, 7) is 2.61. The van der Waals surface area contributed by atoms with Crippen molar-refractivity contribution in [3.05, 3.63) is 57.8 Å². The molecule has 12 heteroatoms. The van der Waals surface area contributed by atoms with Gasteiger partial charge in [-0.1, -0.05) is 35.3 Å². The van der Waals surface area contributed by atoms with Crippen molar-refractivity contribution in [3.63, 3.8) is 0 Å². The number of piperidine rings is 1. The Morgan fingerprint density at radius 2 is 2.00 bits per heavy atom. The minimum Gasteiger partial charge on any atom is -0.385 e. The summed E-state index contributed by atoms with van der Waals surface area (Å²) in [6.07, 6.45) is 2.72. The zero-order valence-electron chi connectivity index (χ0n) is 21.3. The average Bonchev–Trinajstić information content (AvgIpc) is 3.25. The Balaban J connectivity index is 1.48. The van der Waals surface area contributed by atoms with Crippen LogP contribution in [0.3, 0.4) is 0 Å². The molecule has 0 aliphatic carbocycles. The number of amides is 1. The maximum Gasteiger partial charge on any atom is 0.238 e. The number of carbonyl (C=O) groups excluding carboxylic acids is 1. The number of nitrogens with zero attached hydrogens (tertiary/aromatic N) is 3. The van der Waals surface area contributed by atoms with Crippen molar-refractivity contribution < 1.29 is 17.9 Å². The number of rotatable bonds is 10. The molecule has 38 heavy (non-hydrogen) atoms. The van der Waals surface area contributed by atoms with Crippen LogP contribution in [0.2, 0.25) is 10.0 Å². The molecule has 1 aliphatic heterocycles. The quantitative estimate of drug-likeness (QED) is 0.351. The molecule has 0 radical (unpaired) electrons. The number of imidazole rings is 1. The minimum absolute atomic E-state index is 0.0316. The van der Waals surface area contributed by atoms with E-state index in [2.05, 4.69) is 10.6 Å². The first-order valence-electron chi connectivity index (χ1n) is 12.6. The van der Waals surface area contributed by atoms with Crippen LogP contribution in [-0.2, 0) is 32.5 Å². The Morgan fingerprint density at radius 3 is 2.74 bits per heavy atom. The summed E-state index contributed by atoms with van der Waals surface area (Å²) >= 11 is 12.4. The van der Waals surface area contributed by atoms with Gasteiger partial charge in [0.25, 0.3) is 0 Å². The van der Waals surface area contributed by atoms with Gasteiger partial charge in [-0.05, 0) is 55.5 Å². The summed E-state index contributed by atoms with van der Waals surface area (Å²) in [7, 11) is -2.35. The van der Waals surface area contributed by atoms with Gasteiger partial charge in [0, 0.05) is 51.7 Å². The molecule has 2 atom stereocenters. The van der Waals surface area contributed by atoms with Crippen LogP contribution in [-0.4, -0.2) is 61.6 Å². The number of primary sulfonamides is 1. The van der Waals surface area contributed by atoms with Gasteiger partial charge in [-0.3, -0.25) is 4.79 Å². The molecule has 1 saturated heterocycles. The van der Waals surface area contributed by atoms with Gasteiger partial charge >= 0.3 is 0 Å². The molecule has 2 aromatic carbocycles. The van der Waals surface area contributed by atoms with E-state index in [1.807, 2.05) is 23.1 Å². The molecule has 0 saturated carbocycles. The van der Waals surface area contributed by atoms with Crippen LogP contribution in [0.4, 0.5) is 0 Å². The van der Waals surface area contributed by atoms with Crippen molar-refractivity contribution in [2.45, 2.75) is 55.5 Å². The molecule has 3 aromatic rings. The molecule has 0 spiro atoms. The highest BCUT2D eigenvalue weighted by Gasteiger charge is 2.30. The zero-order valence-corrected chi connectivity index (χ0v) is 23.6. The second-order valence-corrected chi connectivity index (χ2v) is 12.0. The van der Waals surface area contributed by atoms with Gasteiger partial charge in [0.05, 0.1) is 26.0 Å². The van der Waals surface area contributed by atoms with E-state index < -0.39 is 16.1 Å². The van der Waals surface area contributed by atoms with Gasteiger partial charge in [-0.25, -0.2) is 18.5 Å². The highest BCUT2D eigenvalue weighted by Crippen LogP contribution is 2.33. The summed E-state index contributed by atoms with van der Waals surface area (Å²) in [6, 6.07) is 10.1. The summed E-state index contributed by atoms with van der Waals surface area (Å²) in [5, 5.41) is 5.63. The number of halogens is 2. The van der Waals surface area contributed by atoms with E-state index in [0.29, 0.717) is 19.7 Å². The second kappa shape index (κ2) is 12.3. The standard InChI is InChI=1S/C26H33Cl2N5O4S/c1-37-13-5-12-33-22-8-3-2-7-21(22)31-26(33)17-6-4-11-32(16-17)24(34)15-18(29)14-19-23(38(30,35)36)10-9-20(27)25(19)28/h2-3,7-10,17-18H,4-6,11-16,29H2,1H3,(H2,30,35,36)/t17-,18+/m1/s1. The highest BCUT2D eigenvalue weighted by molar-refractivity contribution is 7.89. The SMILES string of the molecule is COCCCn1c([C@@H]2CCCN(C(=O)C[C@@H](N)Cc3c(S(N)(=O)=O)ccc(Cl)c3Cl)C2)nc2ccccc21. The second-order valence-electron chi connectivity index (χ2n) is 9.69. The van der Waals surface area contributed by atoms with E-state index >= 15 is 0 Å². The normalized spacial score (nSPS) is 17.2. The van der Waals surface area contributed by atoms with Gasteiger partial charge in [0.2, 0.25) is 15.9 Å². The molecule has 9 nitrogen and oxygen atoms in total. The number of benzene rings is 2. The number of ether oxygens (including phenoxy) is 1. The van der Waals surface area contributed by atoms with Gasteiger partial charge < -0.3 is 19.9 Å². The lowest BCUT2D eigenvalue weighted by Crippen LogP contribution is -2.42. The number of para-hydroxylation sites is 2. The number of carbonyl (C=O) groups is 1. The van der Waals surface area contributed by atoms with Gasteiger partial charge in [-0.2, -0.15) is 0 Å². The van der Waals surface area contributed by atoms with E-state index in [1.54, 1.807) is 7.11 Å². The van der Waals surface area contributed by atoms with E-state index in [4.69, 9.17) is 43.8 Å². The zero-order chi connectivity index (χ0) is 27.4. The maximum atomic E-state index is 13.3. The fourth-order valence-corrected chi connectivity index (χ4v) is 6.40.